The molecule has 136 valence electrons. The third-order valence-electron chi connectivity index (χ3n) is 4.71. The fourth-order valence-electron chi connectivity index (χ4n) is 3.21. The Labute approximate surface area is 146 Å². The van der Waals surface area contributed by atoms with E-state index < -0.39 is 5.97 Å². The second-order valence-electron chi connectivity index (χ2n) is 6.70. The number of carbonyl (C=O) groups excluding carboxylic acids is 1. The number of hydrogen-bond donors (Lipinski definition) is 1. The molecule has 5 heteroatoms. The number of rotatable bonds is 14. The molecule has 0 fully saturated rings. The van der Waals surface area contributed by atoms with Gasteiger partial charge in [0.2, 0.25) is 5.84 Å². The molecule has 1 aliphatic rings. The molecule has 0 bridgehead atoms. The van der Waals surface area contributed by atoms with E-state index in [-0.39, 0.29) is 17.2 Å². The van der Waals surface area contributed by atoms with Crippen LogP contribution in [0.15, 0.2) is 30.0 Å². The van der Waals surface area contributed by atoms with Crippen molar-refractivity contribution in [1.29, 1.82) is 0 Å². The van der Waals surface area contributed by atoms with Gasteiger partial charge in [-0.3, -0.25) is 5.73 Å². The fourth-order valence-corrected chi connectivity index (χ4v) is 3.21. The second-order valence-corrected chi connectivity index (χ2v) is 6.70. The highest BCUT2D eigenvalue weighted by molar-refractivity contribution is 5.81. The summed E-state index contributed by atoms with van der Waals surface area (Å²) >= 11 is 0. The Kier molecular flexibility index (Phi) is 9.57. The van der Waals surface area contributed by atoms with Gasteiger partial charge in [0.05, 0.1) is 12.2 Å². The number of carboxylic acids is 1. The molecule has 1 aliphatic heterocycles. The maximum atomic E-state index is 11.1. The van der Waals surface area contributed by atoms with E-state index in [0.717, 1.165) is 31.5 Å². The zero-order chi connectivity index (χ0) is 17.8. The Morgan fingerprint density at radius 1 is 1.25 bits per heavy atom. The maximum absolute atomic E-state index is 11.1. The van der Waals surface area contributed by atoms with E-state index in [2.05, 4.69) is 11.6 Å². The largest absolute Gasteiger partial charge is 0.544 e. The molecule has 24 heavy (non-hydrogen) atoms. The molecule has 0 amide bonds. The molecule has 0 saturated carbocycles. The van der Waals surface area contributed by atoms with Gasteiger partial charge in [-0.15, -0.1) is 6.58 Å². The number of amidine groups is 1. The minimum atomic E-state index is -1.09. The normalized spacial score (nSPS) is 20.8. The fraction of sp³-hybridized carbons (Fsp3) is 0.684. The molecule has 0 spiro atoms. The lowest BCUT2D eigenvalue weighted by Gasteiger charge is -2.36. The van der Waals surface area contributed by atoms with Crippen molar-refractivity contribution in [2.24, 2.45) is 10.7 Å². The Balaban J connectivity index is 2.22. The number of aliphatic carboxylic acids is 1. The van der Waals surface area contributed by atoms with Gasteiger partial charge >= 0.3 is 0 Å². The maximum Gasteiger partial charge on any atom is 0.209 e. The van der Waals surface area contributed by atoms with Gasteiger partial charge in [0.1, 0.15) is 18.9 Å². The van der Waals surface area contributed by atoms with Crippen molar-refractivity contribution in [2.75, 3.05) is 6.54 Å². The van der Waals surface area contributed by atoms with Crippen molar-refractivity contribution in [1.82, 2.24) is 0 Å². The average Bonchev–Trinajstić information content (AvgIpc) is 2.92. The number of nitrogens with zero attached hydrogens (tertiary/aromatic N) is 2. The zero-order valence-electron chi connectivity index (χ0n) is 15.1. The highest BCUT2D eigenvalue weighted by Gasteiger charge is 2.38. The lowest BCUT2D eigenvalue weighted by Crippen LogP contribution is -2.60. The monoisotopic (exact) mass is 335 g/mol. The Morgan fingerprint density at radius 2 is 1.83 bits per heavy atom. The van der Waals surface area contributed by atoms with Gasteiger partial charge in [0.15, 0.2) is 0 Å². The predicted molar refractivity (Wildman–Crippen MR) is 96.7 cm³/mol. The van der Waals surface area contributed by atoms with Crippen LogP contribution in [-0.2, 0) is 4.79 Å². The summed E-state index contributed by atoms with van der Waals surface area (Å²) in [6, 6.07) is 0. The zero-order valence-corrected chi connectivity index (χ0v) is 15.1. The minimum absolute atomic E-state index is 0.103. The number of unbranched alkanes of at least 4 members (excludes halogenated alkanes) is 8. The summed E-state index contributed by atoms with van der Waals surface area (Å²) in [6.45, 7) is 5.42. The van der Waals surface area contributed by atoms with Crippen LogP contribution in [0.2, 0.25) is 0 Å². The van der Waals surface area contributed by atoms with Crippen molar-refractivity contribution in [2.45, 2.75) is 77.3 Å². The third-order valence-corrected chi connectivity index (χ3v) is 4.71. The first-order valence-corrected chi connectivity index (χ1v) is 9.21. The molecule has 0 aliphatic carbocycles. The van der Waals surface area contributed by atoms with Crippen LogP contribution in [0.4, 0.5) is 0 Å². The molecule has 0 aromatic rings. The first kappa shape index (κ1) is 20.6. The molecule has 0 radical (unpaired) electrons. The lowest BCUT2D eigenvalue weighted by molar-refractivity contribution is -0.808. The van der Waals surface area contributed by atoms with Crippen LogP contribution in [0.5, 0.6) is 0 Å². The highest BCUT2D eigenvalue weighted by Crippen LogP contribution is 2.23. The van der Waals surface area contributed by atoms with E-state index in [4.69, 9.17) is 5.73 Å². The van der Waals surface area contributed by atoms with Crippen LogP contribution in [0.3, 0.4) is 0 Å². The molecule has 2 unspecified atom stereocenters. The van der Waals surface area contributed by atoms with Crippen molar-refractivity contribution in [3.8, 4) is 0 Å². The van der Waals surface area contributed by atoms with Gasteiger partial charge in [0.25, 0.3) is 0 Å². The summed E-state index contributed by atoms with van der Waals surface area (Å²) in [5.41, 5.74) is 6.03. The SMILES string of the molecule is C=CCCCCCCCCCCC1=NC=C[N+]1(CC(=O)[O-])C(C)N. The summed E-state index contributed by atoms with van der Waals surface area (Å²) in [7, 11) is 0. The lowest BCUT2D eigenvalue weighted by atomic mass is 10.1. The van der Waals surface area contributed by atoms with Crippen LogP contribution >= 0.6 is 0 Å². The van der Waals surface area contributed by atoms with E-state index in [1.165, 1.54) is 38.5 Å². The van der Waals surface area contributed by atoms with E-state index in [1.807, 2.05) is 13.0 Å². The van der Waals surface area contributed by atoms with Crippen LogP contribution in [0.1, 0.15) is 71.1 Å². The molecule has 1 rings (SSSR count). The van der Waals surface area contributed by atoms with Crippen LogP contribution < -0.4 is 10.8 Å². The molecule has 5 nitrogen and oxygen atoms in total. The standard InChI is InChI=1S/C19H33N3O2/c1-3-4-5-6-7-8-9-10-11-12-13-18-21-14-15-22(18,17(2)20)16-19(23)24/h3,14-15,17H,1,4-13,16,20H2,2H3. The number of allylic oxidation sites excluding steroid dienone is 1. The van der Waals surface area contributed by atoms with E-state index in [0.29, 0.717) is 0 Å². The van der Waals surface area contributed by atoms with Crippen molar-refractivity contribution in [3.63, 3.8) is 0 Å². The van der Waals surface area contributed by atoms with Gasteiger partial charge in [0, 0.05) is 13.3 Å². The Bertz CT molecular complexity index is 458. The number of quaternary nitrogens is 1. The molecule has 0 aromatic carbocycles. The second kappa shape index (κ2) is 11.2. The van der Waals surface area contributed by atoms with E-state index in [9.17, 15) is 9.90 Å². The van der Waals surface area contributed by atoms with Crippen LogP contribution in [0, 0.1) is 0 Å². The number of carboxylic acid groups (broad SMARTS) is 1. The minimum Gasteiger partial charge on any atom is -0.544 e. The van der Waals surface area contributed by atoms with Gasteiger partial charge in [-0.25, -0.2) is 9.48 Å². The van der Waals surface area contributed by atoms with E-state index in [1.54, 1.807) is 12.4 Å². The topological polar surface area (TPSA) is 78.5 Å². The number of carbonyl (C=O) groups is 1. The molecule has 0 saturated heterocycles. The van der Waals surface area contributed by atoms with Crippen LogP contribution in [0.25, 0.3) is 0 Å². The molecule has 2 atom stereocenters. The summed E-state index contributed by atoms with van der Waals surface area (Å²) in [6.07, 6.45) is 16.8. The van der Waals surface area contributed by atoms with Crippen molar-refractivity contribution < 1.29 is 14.4 Å². The smallest absolute Gasteiger partial charge is 0.209 e. The van der Waals surface area contributed by atoms with Crippen LogP contribution in [-0.4, -0.2) is 29.0 Å². The summed E-state index contributed by atoms with van der Waals surface area (Å²) < 4.78 is 0.103. The molecular formula is C19H33N3O2. The molecule has 1 heterocycles. The Morgan fingerprint density at radius 3 is 2.38 bits per heavy atom. The van der Waals surface area contributed by atoms with Gasteiger partial charge in [-0.2, -0.15) is 0 Å². The predicted octanol–water partition coefficient (Wildman–Crippen LogP) is 2.83. The van der Waals surface area contributed by atoms with Crippen molar-refractivity contribution >= 4 is 11.8 Å². The number of hydrogen-bond acceptors (Lipinski definition) is 4. The average molecular weight is 335 g/mol. The summed E-state index contributed by atoms with van der Waals surface area (Å²) in [5, 5.41) is 11.1. The van der Waals surface area contributed by atoms with Crippen molar-refractivity contribution in [3.05, 3.63) is 25.1 Å². The molecule has 0 aromatic heterocycles. The number of nitrogens with two attached hydrogens (primary N) is 1. The highest BCUT2D eigenvalue weighted by atomic mass is 16.4. The quantitative estimate of drug-likeness (QED) is 0.301. The van der Waals surface area contributed by atoms with Gasteiger partial charge in [-0.1, -0.05) is 44.6 Å². The first-order chi connectivity index (χ1) is 11.5. The van der Waals surface area contributed by atoms with E-state index >= 15 is 0 Å². The summed E-state index contributed by atoms with van der Waals surface area (Å²) in [5.74, 6) is -0.248. The summed E-state index contributed by atoms with van der Waals surface area (Å²) in [4.78, 5) is 15.4. The Hall–Kier alpha value is -1.46. The number of aliphatic imine (C=N–C) groups is 1. The van der Waals surface area contributed by atoms with Gasteiger partial charge < -0.3 is 9.90 Å². The van der Waals surface area contributed by atoms with Gasteiger partial charge in [-0.05, 0) is 19.3 Å². The molecule has 2 N–H and O–H groups in total. The third kappa shape index (κ3) is 6.57. The first-order valence-electron chi connectivity index (χ1n) is 9.21. The molecular weight excluding hydrogens is 302 g/mol.